The van der Waals surface area contributed by atoms with Crippen LogP contribution in [0, 0.1) is 10.1 Å². The van der Waals surface area contributed by atoms with E-state index >= 15 is 0 Å². The van der Waals surface area contributed by atoms with Gasteiger partial charge in [-0.05, 0) is 12.1 Å². The first-order chi connectivity index (χ1) is 8.48. The maximum absolute atomic E-state index is 10.9. The third-order valence-corrected chi connectivity index (χ3v) is 2.96. The Balaban J connectivity index is 3.13. The van der Waals surface area contributed by atoms with Crippen LogP contribution in [0.3, 0.4) is 0 Å². The Bertz CT molecular complexity index is 428. The van der Waals surface area contributed by atoms with Crippen molar-refractivity contribution >= 4 is 27.3 Å². The number of anilines is 1. The fraction of sp³-hybridized carbons (Fsp3) is 0.400. The topological polar surface area (TPSA) is 116 Å². The molecule has 0 spiro atoms. The summed E-state index contributed by atoms with van der Waals surface area (Å²) >= 11 is 3.12. The van der Waals surface area contributed by atoms with Crippen molar-refractivity contribution < 1.29 is 20.2 Å². The Kier molecular flexibility index (Phi) is 5.03. The Morgan fingerprint density at radius 3 is 2.28 bits per heavy atom. The largest absolute Gasteiger partial charge is 0.394 e. The van der Waals surface area contributed by atoms with Crippen molar-refractivity contribution in [2.24, 2.45) is 0 Å². The fourth-order valence-electron chi connectivity index (χ4n) is 1.32. The van der Waals surface area contributed by atoms with Crippen LogP contribution >= 0.6 is 15.9 Å². The maximum Gasteiger partial charge on any atom is 0.293 e. The standard InChI is InChI=1S/C10H13BrN2O5/c11-7-1-2-8(9(3-7)13(17)18)12-10(4-14,5-15)6-16/h1-3,12,14-16H,4-6H2. The predicted octanol–water partition coefficient (Wildman–Crippen LogP) is 0.485. The normalized spacial score (nSPS) is 11.3. The first-order valence-corrected chi connectivity index (χ1v) is 5.82. The van der Waals surface area contributed by atoms with Gasteiger partial charge in [0, 0.05) is 10.5 Å². The van der Waals surface area contributed by atoms with E-state index in [9.17, 15) is 10.1 Å². The maximum atomic E-state index is 10.9. The molecule has 8 heteroatoms. The molecule has 100 valence electrons. The minimum Gasteiger partial charge on any atom is -0.394 e. The third kappa shape index (κ3) is 3.16. The average Bonchev–Trinajstić information content (AvgIpc) is 2.37. The monoisotopic (exact) mass is 320 g/mol. The van der Waals surface area contributed by atoms with Crippen LogP contribution in [0.5, 0.6) is 0 Å². The molecule has 7 nitrogen and oxygen atoms in total. The molecule has 4 N–H and O–H groups in total. The van der Waals surface area contributed by atoms with Gasteiger partial charge in [-0.15, -0.1) is 0 Å². The van der Waals surface area contributed by atoms with E-state index in [0.717, 1.165) is 0 Å². The van der Waals surface area contributed by atoms with Crippen LogP contribution < -0.4 is 5.32 Å². The molecule has 1 aromatic rings. The molecule has 0 saturated heterocycles. The van der Waals surface area contributed by atoms with Crippen molar-refractivity contribution in [2.75, 3.05) is 25.1 Å². The lowest BCUT2D eigenvalue weighted by atomic mass is 10.0. The van der Waals surface area contributed by atoms with Gasteiger partial charge in [0.1, 0.15) is 11.2 Å². The molecule has 0 heterocycles. The highest BCUT2D eigenvalue weighted by Gasteiger charge is 2.30. The molecule has 1 rings (SSSR count). The van der Waals surface area contributed by atoms with Crippen molar-refractivity contribution in [3.05, 3.63) is 32.8 Å². The zero-order valence-corrected chi connectivity index (χ0v) is 10.9. The van der Waals surface area contributed by atoms with Crippen LogP contribution in [0.2, 0.25) is 0 Å². The summed E-state index contributed by atoms with van der Waals surface area (Å²) in [7, 11) is 0. The number of nitro benzene ring substituents is 1. The number of hydrogen-bond acceptors (Lipinski definition) is 6. The van der Waals surface area contributed by atoms with Crippen molar-refractivity contribution in [1.29, 1.82) is 0 Å². The Labute approximate surface area is 111 Å². The molecule has 0 amide bonds. The smallest absolute Gasteiger partial charge is 0.293 e. The van der Waals surface area contributed by atoms with Gasteiger partial charge in [0.25, 0.3) is 5.69 Å². The predicted molar refractivity (Wildman–Crippen MR) is 68.4 cm³/mol. The third-order valence-electron chi connectivity index (χ3n) is 2.46. The van der Waals surface area contributed by atoms with E-state index in [4.69, 9.17) is 15.3 Å². The first-order valence-electron chi connectivity index (χ1n) is 5.03. The van der Waals surface area contributed by atoms with Gasteiger partial charge >= 0.3 is 0 Å². The molecule has 0 saturated carbocycles. The van der Waals surface area contributed by atoms with Gasteiger partial charge in [-0.2, -0.15) is 0 Å². The molecule has 0 bridgehead atoms. The van der Waals surface area contributed by atoms with Gasteiger partial charge in [0.05, 0.1) is 24.7 Å². The molecule has 0 unspecified atom stereocenters. The molecule has 0 radical (unpaired) electrons. The zero-order valence-electron chi connectivity index (χ0n) is 9.34. The van der Waals surface area contributed by atoms with E-state index in [0.29, 0.717) is 4.47 Å². The molecule has 0 aromatic heterocycles. The number of nitrogens with zero attached hydrogens (tertiary/aromatic N) is 1. The minimum absolute atomic E-state index is 0.111. The van der Waals surface area contributed by atoms with Gasteiger partial charge in [-0.1, -0.05) is 15.9 Å². The highest BCUT2D eigenvalue weighted by molar-refractivity contribution is 9.10. The first kappa shape index (κ1) is 14.8. The van der Waals surface area contributed by atoms with Crippen molar-refractivity contribution in [3.8, 4) is 0 Å². The Morgan fingerprint density at radius 1 is 1.28 bits per heavy atom. The van der Waals surface area contributed by atoms with E-state index in [-0.39, 0.29) is 11.4 Å². The molecular formula is C10H13BrN2O5. The lowest BCUT2D eigenvalue weighted by molar-refractivity contribution is -0.384. The van der Waals surface area contributed by atoms with Crippen LogP contribution in [0.25, 0.3) is 0 Å². The van der Waals surface area contributed by atoms with Gasteiger partial charge in [0.2, 0.25) is 0 Å². The number of aliphatic hydroxyl groups excluding tert-OH is 3. The van der Waals surface area contributed by atoms with Crippen LogP contribution in [0.4, 0.5) is 11.4 Å². The van der Waals surface area contributed by atoms with Gasteiger partial charge < -0.3 is 20.6 Å². The molecule has 0 aliphatic heterocycles. The number of aliphatic hydroxyl groups is 3. The van der Waals surface area contributed by atoms with E-state index in [2.05, 4.69) is 21.2 Å². The SMILES string of the molecule is O=[N+]([O-])c1cc(Br)ccc1NC(CO)(CO)CO. The number of hydrogen-bond donors (Lipinski definition) is 4. The summed E-state index contributed by atoms with van der Waals surface area (Å²) < 4.78 is 0.530. The fourth-order valence-corrected chi connectivity index (χ4v) is 1.66. The molecule has 18 heavy (non-hydrogen) atoms. The van der Waals surface area contributed by atoms with Crippen LogP contribution in [0.1, 0.15) is 0 Å². The van der Waals surface area contributed by atoms with Crippen LogP contribution in [0.15, 0.2) is 22.7 Å². The van der Waals surface area contributed by atoms with E-state index in [1.165, 1.54) is 12.1 Å². The molecule has 0 atom stereocenters. The Morgan fingerprint density at radius 2 is 1.83 bits per heavy atom. The summed E-state index contributed by atoms with van der Waals surface area (Å²) in [6, 6.07) is 4.30. The lowest BCUT2D eigenvalue weighted by Crippen LogP contribution is -2.49. The summed E-state index contributed by atoms with van der Waals surface area (Å²) in [6.07, 6.45) is 0. The molecule has 0 fully saturated rings. The minimum atomic E-state index is -1.40. The molecule has 0 aliphatic carbocycles. The molecular weight excluding hydrogens is 308 g/mol. The second-order valence-electron chi connectivity index (χ2n) is 3.80. The summed E-state index contributed by atoms with van der Waals surface area (Å²) in [5.74, 6) is 0. The summed E-state index contributed by atoms with van der Waals surface area (Å²) in [5, 5.41) is 41.0. The highest BCUT2D eigenvalue weighted by atomic mass is 79.9. The quantitative estimate of drug-likeness (QED) is 0.447. The highest BCUT2D eigenvalue weighted by Crippen LogP contribution is 2.30. The van der Waals surface area contributed by atoms with Gasteiger partial charge in [-0.25, -0.2) is 0 Å². The molecule has 0 aliphatic rings. The van der Waals surface area contributed by atoms with Crippen molar-refractivity contribution in [3.63, 3.8) is 0 Å². The number of halogens is 1. The van der Waals surface area contributed by atoms with Gasteiger partial charge in [0.15, 0.2) is 0 Å². The van der Waals surface area contributed by atoms with Crippen LogP contribution in [-0.2, 0) is 0 Å². The average molecular weight is 321 g/mol. The second-order valence-corrected chi connectivity index (χ2v) is 4.71. The van der Waals surface area contributed by atoms with Crippen LogP contribution in [-0.4, -0.2) is 45.6 Å². The summed E-state index contributed by atoms with van der Waals surface area (Å²) in [5.41, 5.74) is -1.51. The summed E-state index contributed by atoms with van der Waals surface area (Å²) in [4.78, 5) is 10.3. The van der Waals surface area contributed by atoms with E-state index in [1.54, 1.807) is 6.07 Å². The van der Waals surface area contributed by atoms with E-state index in [1.807, 2.05) is 0 Å². The second kappa shape index (κ2) is 6.10. The lowest BCUT2D eigenvalue weighted by Gasteiger charge is -2.29. The summed E-state index contributed by atoms with van der Waals surface area (Å²) in [6.45, 7) is -1.69. The zero-order chi connectivity index (χ0) is 13.8. The van der Waals surface area contributed by atoms with E-state index < -0.39 is 30.3 Å². The van der Waals surface area contributed by atoms with Crippen molar-refractivity contribution in [1.82, 2.24) is 0 Å². The number of rotatable bonds is 6. The van der Waals surface area contributed by atoms with Crippen molar-refractivity contribution in [2.45, 2.75) is 5.54 Å². The Hall–Kier alpha value is -1.22. The van der Waals surface area contributed by atoms with Gasteiger partial charge in [-0.3, -0.25) is 10.1 Å². The number of benzene rings is 1. The number of nitro groups is 1. The number of nitrogens with one attached hydrogen (secondary N) is 1. The molecule has 1 aromatic carbocycles.